The molecule has 2 aromatic heterocycles. The topological polar surface area (TPSA) is 79.4 Å². The number of thiophene rings is 1. The van der Waals surface area contributed by atoms with Crippen LogP contribution in [-0.4, -0.2) is 33.6 Å². The zero-order chi connectivity index (χ0) is 22.1. The van der Waals surface area contributed by atoms with E-state index < -0.39 is 23.8 Å². The van der Waals surface area contributed by atoms with E-state index in [1.165, 1.54) is 11.3 Å². The molecule has 0 spiro atoms. The number of carbonyl (C=O) groups is 3. The van der Waals surface area contributed by atoms with Crippen LogP contribution in [0.25, 0.3) is 10.6 Å². The van der Waals surface area contributed by atoms with Gasteiger partial charge < -0.3 is 5.32 Å². The summed E-state index contributed by atoms with van der Waals surface area (Å²) in [7, 11) is 0. The zero-order valence-corrected chi connectivity index (χ0v) is 18.4. The second-order valence-electron chi connectivity index (χ2n) is 7.24. The maximum Gasteiger partial charge on any atom is 0.262 e. The quantitative estimate of drug-likeness (QED) is 0.423. The third-order valence-electron chi connectivity index (χ3n) is 5.22. The third-order valence-corrected chi connectivity index (χ3v) is 6.87. The van der Waals surface area contributed by atoms with E-state index in [-0.39, 0.29) is 6.42 Å². The fourth-order valence-corrected chi connectivity index (χ4v) is 5.16. The average Bonchev–Trinajstić information content (AvgIpc) is 3.55. The molecule has 3 amide bonds. The van der Waals surface area contributed by atoms with Crippen LogP contribution in [0.2, 0.25) is 0 Å². The number of amides is 3. The van der Waals surface area contributed by atoms with Crippen molar-refractivity contribution in [1.29, 1.82) is 0 Å². The monoisotopic (exact) mass is 459 g/mol. The van der Waals surface area contributed by atoms with Crippen molar-refractivity contribution in [2.75, 3.05) is 5.32 Å². The predicted octanol–water partition coefficient (Wildman–Crippen LogP) is 4.72. The zero-order valence-electron chi connectivity index (χ0n) is 16.7. The van der Waals surface area contributed by atoms with E-state index in [4.69, 9.17) is 0 Å². The van der Waals surface area contributed by atoms with Gasteiger partial charge in [-0.05, 0) is 29.1 Å². The van der Waals surface area contributed by atoms with Crippen molar-refractivity contribution in [3.05, 3.63) is 94.2 Å². The standard InChI is InChI=1S/C24H17N3O3S2/c28-21(26-24-25-18(14-32-24)20-11-6-12-31-20)19(13-15-7-2-1-3-8-15)27-22(29)16-9-4-5-10-17(16)23(27)30/h1-12,14,19H,13H2,(H,25,26,28). The third kappa shape index (κ3) is 3.74. The number of thiazole rings is 1. The fraction of sp³-hybridized carbons (Fsp3) is 0.0833. The lowest BCUT2D eigenvalue weighted by Crippen LogP contribution is -2.48. The van der Waals surface area contributed by atoms with Crippen LogP contribution in [0.5, 0.6) is 0 Å². The number of rotatable bonds is 6. The maximum absolute atomic E-state index is 13.4. The van der Waals surface area contributed by atoms with Gasteiger partial charge in [0.25, 0.3) is 11.8 Å². The summed E-state index contributed by atoms with van der Waals surface area (Å²) in [6.45, 7) is 0. The Hall–Kier alpha value is -3.62. The van der Waals surface area contributed by atoms with Crippen molar-refractivity contribution in [1.82, 2.24) is 9.88 Å². The molecule has 2 aromatic carbocycles. The summed E-state index contributed by atoms with van der Waals surface area (Å²) < 4.78 is 0. The van der Waals surface area contributed by atoms with E-state index in [0.717, 1.165) is 21.0 Å². The normalized spacial score (nSPS) is 13.8. The fourth-order valence-electron chi connectivity index (χ4n) is 3.69. The second-order valence-corrected chi connectivity index (χ2v) is 9.04. The van der Waals surface area contributed by atoms with Crippen molar-refractivity contribution in [2.24, 2.45) is 0 Å². The molecular formula is C24H17N3O3S2. The van der Waals surface area contributed by atoms with E-state index in [1.54, 1.807) is 35.6 Å². The number of hydrogen-bond donors (Lipinski definition) is 1. The van der Waals surface area contributed by atoms with Crippen molar-refractivity contribution < 1.29 is 14.4 Å². The van der Waals surface area contributed by atoms with E-state index in [9.17, 15) is 14.4 Å². The van der Waals surface area contributed by atoms with Crippen LogP contribution in [0.4, 0.5) is 5.13 Å². The molecule has 1 N–H and O–H groups in total. The van der Waals surface area contributed by atoms with E-state index >= 15 is 0 Å². The second kappa shape index (κ2) is 8.49. The van der Waals surface area contributed by atoms with Crippen LogP contribution in [-0.2, 0) is 11.2 Å². The molecule has 3 heterocycles. The summed E-state index contributed by atoms with van der Waals surface area (Å²) in [5, 5.41) is 7.07. The predicted molar refractivity (Wildman–Crippen MR) is 125 cm³/mol. The van der Waals surface area contributed by atoms with Gasteiger partial charge in [-0.3, -0.25) is 19.3 Å². The minimum Gasteiger partial charge on any atom is -0.300 e. The maximum atomic E-state index is 13.4. The molecule has 0 bridgehead atoms. The lowest BCUT2D eigenvalue weighted by Gasteiger charge is -2.25. The molecule has 1 aliphatic rings. The minimum atomic E-state index is -1.00. The highest BCUT2D eigenvalue weighted by molar-refractivity contribution is 7.16. The number of fused-ring (bicyclic) bond motifs is 1. The summed E-state index contributed by atoms with van der Waals surface area (Å²) in [4.78, 5) is 46.1. The number of nitrogens with one attached hydrogen (secondary N) is 1. The molecule has 0 radical (unpaired) electrons. The van der Waals surface area contributed by atoms with E-state index in [0.29, 0.717) is 16.3 Å². The first-order valence-electron chi connectivity index (χ1n) is 9.93. The lowest BCUT2D eigenvalue weighted by atomic mass is 10.0. The Kier molecular flexibility index (Phi) is 5.38. The van der Waals surface area contributed by atoms with Gasteiger partial charge in [0.15, 0.2) is 5.13 Å². The van der Waals surface area contributed by atoms with Crippen LogP contribution < -0.4 is 5.32 Å². The Morgan fingerprint density at radius 3 is 2.25 bits per heavy atom. The SMILES string of the molecule is O=C(Nc1nc(-c2cccs2)cs1)C(Cc1ccccc1)N1C(=O)c2ccccc2C1=O. The minimum absolute atomic E-state index is 0.210. The molecule has 1 aliphatic heterocycles. The van der Waals surface area contributed by atoms with Gasteiger partial charge in [-0.1, -0.05) is 48.5 Å². The number of carbonyl (C=O) groups excluding carboxylic acids is 3. The first kappa shape index (κ1) is 20.3. The largest absolute Gasteiger partial charge is 0.300 e. The first-order chi connectivity index (χ1) is 15.6. The van der Waals surface area contributed by atoms with E-state index in [2.05, 4.69) is 10.3 Å². The highest BCUT2D eigenvalue weighted by Crippen LogP contribution is 2.30. The molecule has 0 aliphatic carbocycles. The highest BCUT2D eigenvalue weighted by atomic mass is 32.1. The Morgan fingerprint density at radius 2 is 1.59 bits per heavy atom. The van der Waals surface area contributed by atoms with Gasteiger partial charge in [0.05, 0.1) is 21.7 Å². The molecule has 8 heteroatoms. The summed E-state index contributed by atoms with van der Waals surface area (Å²) >= 11 is 2.87. The molecule has 6 nitrogen and oxygen atoms in total. The van der Waals surface area contributed by atoms with Gasteiger partial charge in [-0.15, -0.1) is 22.7 Å². The van der Waals surface area contributed by atoms with Crippen LogP contribution in [0.15, 0.2) is 77.5 Å². The lowest BCUT2D eigenvalue weighted by molar-refractivity contribution is -0.119. The van der Waals surface area contributed by atoms with Gasteiger partial charge in [0.1, 0.15) is 6.04 Å². The van der Waals surface area contributed by atoms with Crippen molar-refractivity contribution in [3.63, 3.8) is 0 Å². The molecule has 1 atom stereocenters. The molecule has 0 fully saturated rings. The van der Waals surface area contributed by atoms with Crippen molar-refractivity contribution >= 4 is 45.5 Å². The summed E-state index contributed by atoms with van der Waals surface area (Å²) in [5.74, 6) is -1.37. The molecule has 32 heavy (non-hydrogen) atoms. The Morgan fingerprint density at radius 1 is 0.906 bits per heavy atom. The van der Waals surface area contributed by atoms with Crippen molar-refractivity contribution in [2.45, 2.75) is 12.5 Å². The van der Waals surface area contributed by atoms with Crippen LogP contribution >= 0.6 is 22.7 Å². The summed E-state index contributed by atoms with van der Waals surface area (Å²) in [6.07, 6.45) is 0.210. The van der Waals surface area contributed by atoms with Crippen LogP contribution in [0.3, 0.4) is 0 Å². The molecule has 0 saturated heterocycles. The van der Waals surface area contributed by atoms with Gasteiger partial charge >= 0.3 is 0 Å². The highest BCUT2D eigenvalue weighted by Gasteiger charge is 2.42. The van der Waals surface area contributed by atoms with Gasteiger partial charge in [-0.2, -0.15) is 0 Å². The summed E-state index contributed by atoms with van der Waals surface area (Å²) in [6, 6.07) is 18.9. The molecule has 5 rings (SSSR count). The number of imide groups is 1. The number of hydrogen-bond acceptors (Lipinski definition) is 6. The van der Waals surface area contributed by atoms with Gasteiger partial charge in [0, 0.05) is 11.8 Å². The van der Waals surface area contributed by atoms with Crippen LogP contribution in [0, 0.1) is 0 Å². The molecular weight excluding hydrogens is 442 g/mol. The van der Waals surface area contributed by atoms with Gasteiger partial charge in [-0.25, -0.2) is 4.98 Å². The molecule has 1 unspecified atom stereocenters. The Bertz CT molecular complexity index is 1260. The van der Waals surface area contributed by atoms with Crippen LogP contribution in [0.1, 0.15) is 26.3 Å². The van der Waals surface area contributed by atoms with Gasteiger partial charge in [0.2, 0.25) is 5.91 Å². The van der Waals surface area contributed by atoms with Crippen molar-refractivity contribution in [3.8, 4) is 10.6 Å². The van der Waals surface area contributed by atoms with E-state index in [1.807, 2.05) is 53.2 Å². The molecule has 158 valence electrons. The summed E-state index contributed by atoms with van der Waals surface area (Å²) in [5.41, 5.74) is 2.26. The molecule has 4 aromatic rings. The average molecular weight is 460 g/mol. The number of nitrogens with zero attached hydrogens (tertiary/aromatic N) is 2. The molecule has 0 saturated carbocycles. The first-order valence-corrected chi connectivity index (χ1v) is 11.7. The number of benzene rings is 2. The Balaban J connectivity index is 1.45. The number of anilines is 1. The Labute approximate surface area is 192 Å². The number of aromatic nitrogens is 1. The smallest absolute Gasteiger partial charge is 0.262 e.